The summed E-state index contributed by atoms with van der Waals surface area (Å²) in [5, 5.41) is 0. The molecule has 0 aliphatic carbocycles. The van der Waals surface area contributed by atoms with Crippen molar-refractivity contribution in [2.75, 3.05) is 0 Å². The van der Waals surface area contributed by atoms with Crippen LogP contribution in [0.4, 0.5) is 0 Å². The average Bonchev–Trinajstić information content (AvgIpc) is 2.26. The zero-order valence-corrected chi connectivity index (χ0v) is 9.68. The highest BCUT2D eigenvalue weighted by Crippen LogP contribution is 2.21. The van der Waals surface area contributed by atoms with Crippen LogP contribution in [0.3, 0.4) is 0 Å². The minimum absolute atomic E-state index is 0.0248. The third kappa shape index (κ3) is 3.61. The summed E-state index contributed by atoms with van der Waals surface area (Å²) in [6.45, 7) is 6.12. The van der Waals surface area contributed by atoms with Gasteiger partial charge in [0.1, 0.15) is 0 Å². The first kappa shape index (κ1) is 12.1. The van der Waals surface area contributed by atoms with Crippen molar-refractivity contribution in [3.8, 4) is 0 Å². The topological polar surface area (TPSA) is 48.1 Å². The second kappa shape index (κ2) is 5.83. The SMILES string of the molecule is CCC(C)OC(c1cccnc1)C(C)N. The molecule has 3 atom stereocenters. The van der Waals surface area contributed by atoms with Crippen LogP contribution in [0.15, 0.2) is 24.5 Å². The Kier molecular flexibility index (Phi) is 4.72. The van der Waals surface area contributed by atoms with Crippen molar-refractivity contribution in [1.29, 1.82) is 0 Å². The molecule has 1 aromatic rings. The maximum atomic E-state index is 5.92. The van der Waals surface area contributed by atoms with E-state index in [0.29, 0.717) is 0 Å². The van der Waals surface area contributed by atoms with E-state index >= 15 is 0 Å². The van der Waals surface area contributed by atoms with Crippen LogP contribution in [0.1, 0.15) is 38.9 Å². The first-order valence-corrected chi connectivity index (χ1v) is 5.46. The summed E-state index contributed by atoms with van der Waals surface area (Å²) in [6, 6.07) is 3.89. The van der Waals surface area contributed by atoms with Gasteiger partial charge in [-0.3, -0.25) is 4.98 Å². The molecule has 0 saturated heterocycles. The summed E-state index contributed by atoms with van der Waals surface area (Å²) in [6.07, 6.45) is 4.72. The minimum atomic E-state index is -0.0614. The van der Waals surface area contributed by atoms with Gasteiger partial charge < -0.3 is 10.5 Å². The van der Waals surface area contributed by atoms with Crippen molar-refractivity contribution in [3.63, 3.8) is 0 Å². The predicted molar refractivity (Wildman–Crippen MR) is 61.5 cm³/mol. The molecule has 15 heavy (non-hydrogen) atoms. The van der Waals surface area contributed by atoms with E-state index in [0.717, 1.165) is 12.0 Å². The van der Waals surface area contributed by atoms with E-state index in [1.807, 2.05) is 25.3 Å². The third-order valence-electron chi connectivity index (χ3n) is 2.44. The minimum Gasteiger partial charge on any atom is -0.369 e. The van der Waals surface area contributed by atoms with Crippen molar-refractivity contribution in [3.05, 3.63) is 30.1 Å². The van der Waals surface area contributed by atoms with Crippen LogP contribution in [-0.4, -0.2) is 17.1 Å². The fourth-order valence-corrected chi connectivity index (χ4v) is 1.40. The molecule has 0 amide bonds. The fraction of sp³-hybridized carbons (Fsp3) is 0.583. The van der Waals surface area contributed by atoms with E-state index in [1.165, 1.54) is 0 Å². The lowest BCUT2D eigenvalue weighted by atomic mass is 10.1. The molecule has 0 radical (unpaired) electrons. The molecule has 0 saturated carbocycles. The van der Waals surface area contributed by atoms with Gasteiger partial charge in [-0.15, -0.1) is 0 Å². The first-order valence-electron chi connectivity index (χ1n) is 5.46. The van der Waals surface area contributed by atoms with Crippen molar-refractivity contribution in [2.24, 2.45) is 5.73 Å². The maximum absolute atomic E-state index is 5.92. The van der Waals surface area contributed by atoms with E-state index in [9.17, 15) is 0 Å². The van der Waals surface area contributed by atoms with Gasteiger partial charge in [-0.2, -0.15) is 0 Å². The second-order valence-electron chi connectivity index (χ2n) is 3.92. The van der Waals surface area contributed by atoms with Crippen LogP contribution in [0, 0.1) is 0 Å². The van der Waals surface area contributed by atoms with Crippen LogP contribution in [0.2, 0.25) is 0 Å². The van der Waals surface area contributed by atoms with Crippen LogP contribution in [0.5, 0.6) is 0 Å². The second-order valence-corrected chi connectivity index (χ2v) is 3.92. The van der Waals surface area contributed by atoms with Crippen LogP contribution in [-0.2, 0) is 4.74 Å². The van der Waals surface area contributed by atoms with Crippen LogP contribution < -0.4 is 5.73 Å². The number of ether oxygens (including phenoxy) is 1. The summed E-state index contributed by atoms with van der Waals surface area (Å²) in [5.41, 5.74) is 6.97. The Morgan fingerprint density at radius 3 is 2.67 bits per heavy atom. The van der Waals surface area contributed by atoms with E-state index in [-0.39, 0.29) is 18.2 Å². The zero-order valence-electron chi connectivity index (χ0n) is 9.68. The molecule has 1 rings (SSSR count). The van der Waals surface area contributed by atoms with Gasteiger partial charge in [0.15, 0.2) is 0 Å². The summed E-state index contributed by atoms with van der Waals surface area (Å²) in [4.78, 5) is 4.09. The highest BCUT2D eigenvalue weighted by Gasteiger charge is 2.18. The zero-order chi connectivity index (χ0) is 11.3. The molecule has 2 N–H and O–H groups in total. The summed E-state index contributed by atoms with van der Waals surface area (Å²) >= 11 is 0. The Morgan fingerprint density at radius 1 is 1.47 bits per heavy atom. The van der Waals surface area contributed by atoms with Gasteiger partial charge in [0, 0.05) is 24.0 Å². The lowest BCUT2D eigenvalue weighted by molar-refractivity contribution is -0.0163. The number of hydrogen-bond acceptors (Lipinski definition) is 3. The predicted octanol–water partition coefficient (Wildman–Crippen LogP) is 2.29. The van der Waals surface area contributed by atoms with Gasteiger partial charge in [-0.25, -0.2) is 0 Å². The molecule has 3 nitrogen and oxygen atoms in total. The third-order valence-corrected chi connectivity index (χ3v) is 2.44. The van der Waals surface area contributed by atoms with Gasteiger partial charge in [-0.1, -0.05) is 13.0 Å². The molecule has 0 aliphatic rings. The number of nitrogens with zero attached hydrogens (tertiary/aromatic N) is 1. The molecule has 3 heteroatoms. The largest absolute Gasteiger partial charge is 0.369 e. The molecule has 0 fully saturated rings. The molecule has 0 aromatic carbocycles. The highest BCUT2D eigenvalue weighted by atomic mass is 16.5. The average molecular weight is 208 g/mol. The lowest BCUT2D eigenvalue weighted by Gasteiger charge is -2.25. The highest BCUT2D eigenvalue weighted by molar-refractivity contribution is 5.13. The Balaban J connectivity index is 2.75. The monoisotopic (exact) mass is 208 g/mol. The van der Waals surface area contributed by atoms with E-state index in [2.05, 4.69) is 18.8 Å². The van der Waals surface area contributed by atoms with E-state index in [4.69, 9.17) is 10.5 Å². The van der Waals surface area contributed by atoms with Crippen molar-refractivity contribution < 1.29 is 4.74 Å². The molecular formula is C12H20N2O. The van der Waals surface area contributed by atoms with Gasteiger partial charge in [0.05, 0.1) is 12.2 Å². The van der Waals surface area contributed by atoms with Crippen molar-refractivity contribution >= 4 is 0 Å². The maximum Gasteiger partial charge on any atom is 0.0991 e. The Labute approximate surface area is 91.7 Å². The fourth-order valence-electron chi connectivity index (χ4n) is 1.40. The van der Waals surface area contributed by atoms with Gasteiger partial charge in [0.2, 0.25) is 0 Å². The Hall–Kier alpha value is -0.930. The number of rotatable bonds is 5. The van der Waals surface area contributed by atoms with Crippen LogP contribution >= 0.6 is 0 Å². The molecular weight excluding hydrogens is 188 g/mol. The lowest BCUT2D eigenvalue weighted by Crippen LogP contribution is -2.29. The van der Waals surface area contributed by atoms with Crippen LogP contribution in [0.25, 0.3) is 0 Å². The van der Waals surface area contributed by atoms with Crippen molar-refractivity contribution in [1.82, 2.24) is 4.98 Å². The smallest absolute Gasteiger partial charge is 0.0991 e. The quantitative estimate of drug-likeness (QED) is 0.807. The molecule has 1 heterocycles. The summed E-state index contributed by atoms with van der Waals surface area (Å²) in [7, 11) is 0. The normalized spacial score (nSPS) is 17.1. The van der Waals surface area contributed by atoms with Gasteiger partial charge >= 0.3 is 0 Å². The van der Waals surface area contributed by atoms with E-state index in [1.54, 1.807) is 6.20 Å². The molecule has 1 aromatic heterocycles. The number of pyridine rings is 1. The first-order chi connectivity index (χ1) is 7.15. The molecule has 0 bridgehead atoms. The molecule has 84 valence electrons. The van der Waals surface area contributed by atoms with Crippen molar-refractivity contribution in [2.45, 2.75) is 45.4 Å². The van der Waals surface area contributed by atoms with E-state index < -0.39 is 0 Å². The number of hydrogen-bond donors (Lipinski definition) is 1. The molecule has 3 unspecified atom stereocenters. The summed E-state index contributed by atoms with van der Waals surface area (Å²) < 4.78 is 5.88. The summed E-state index contributed by atoms with van der Waals surface area (Å²) in [5.74, 6) is 0. The number of nitrogens with two attached hydrogens (primary N) is 1. The Morgan fingerprint density at radius 2 is 2.20 bits per heavy atom. The standard InChI is InChI=1S/C12H20N2O/c1-4-9(2)15-12(10(3)13)11-6-5-7-14-8-11/h5-10,12H,4,13H2,1-3H3. The molecule has 0 spiro atoms. The molecule has 0 aliphatic heterocycles. The Bertz CT molecular complexity index is 274. The number of aromatic nitrogens is 1. The van der Waals surface area contributed by atoms with Gasteiger partial charge in [0.25, 0.3) is 0 Å². The van der Waals surface area contributed by atoms with Gasteiger partial charge in [-0.05, 0) is 26.3 Å².